The summed E-state index contributed by atoms with van der Waals surface area (Å²) in [4.78, 5) is 53.7. The number of rotatable bonds is 5. The van der Waals surface area contributed by atoms with E-state index in [9.17, 15) is 24.5 Å². The number of aryl methyl sites for hydroxylation is 1. The molecule has 3 aliphatic carbocycles. The second-order valence-electron chi connectivity index (χ2n) is 10.5. The van der Waals surface area contributed by atoms with E-state index >= 15 is 0 Å². The Labute approximate surface area is 243 Å². The van der Waals surface area contributed by atoms with Crippen LogP contribution in [0.2, 0.25) is 5.02 Å². The van der Waals surface area contributed by atoms with Gasteiger partial charge in [0.1, 0.15) is 11.4 Å². The number of halogens is 1. The van der Waals surface area contributed by atoms with Crippen LogP contribution in [0.15, 0.2) is 88.4 Å². The van der Waals surface area contributed by atoms with E-state index in [0.29, 0.717) is 5.76 Å². The number of amides is 3. The molecule has 0 saturated carbocycles. The summed E-state index contributed by atoms with van der Waals surface area (Å²) in [6.07, 6.45) is 1.51. The van der Waals surface area contributed by atoms with E-state index in [-0.39, 0.29) is 16.5 Å². The van der Waals surface area contributed by atoms with Crippen LogP contribution in [0.4, 0.5) is 11.4 Å². The molecular weight excluding hydrogens is 560 g/mol. The van der Waals surface area contributed by atoms with Gasteiger partial charge >= 0.3 is 5.91 Å². The lowest BCUT2D eigenvalue weighted by molar-refractivity contribution is -0.384. The van der Waals surface area contributed by atoms with Gasteiger partial charge in [-0.1, -0.05) is 60.1 Å². The van der Waals surface area contributed by atoms with Gasteiger partial charge in [-0.2, -0.15) is 5.10 Å². The molecule has 1 aromatic heterocycles. The van der Waals surface area contributed by atoms with Gasteiger partial charge in [0.15, 0.2) is 5.76 Å². The topological polar surface area (TPSA) is 135 Å². The van der Waals surface area contributed by atoms with E-state index in [1.54, 1.807) is 13.0 Å². The lowest BCUT2D eigenvalue weighted by atomic mass is 9.47. The van der Waals surface area contributed by atoms with E-state index in [0.717, 1.165) is 33.2 Å². The standard InChI is InChI=1S/C31H21ClN4O6/c1-16-10-13-24(42-16)28(37)34-33-15-31-20-8-4-2-6-18(20)25(19-7-3-5-9-21(19)31)26-27(31)30(39)35(29(26)38)22-12-11-17(32)14-23(22)36(40)41/h2-15,25-27H,1H3,(H,34,37)/b33-15-/t25?,26-,27+,31?/m0/s1. The van der Waals surface area contributed by atoms with Crippen LogP contribution in [0.3, 0.4) is 0 Å². The highest BCUT2D eigenvalue weighted by molar-refractivity contribution is 6.31. The minimum atomic E-state index is -1.26. The van der Waals surface area contributed by atoms with Crippen LogP contribution in [0.5, 0.6) is 0 Å². The van der Waals surface area contributed by atoms with E-state index in [2.05, 4.69) is 10.5 Å². The molecule has 4 aromatic rings. The molecule has 1 fully saturated rings. The molecule has 3 amide bonds. The predicted octanol–water partition coefficient (Wildman–Crippen LogP) is 5.12. The van der Waals surface area contributed by atoms with E-state index < -0.39 is 51.5 Å². The number of furan rings is 1. The number of anilines is 1. The number of benzene rings is 3. The lowest BCUT2D eigenvalue weighted by Gasteiger charge is -2.52. The monoisotopic (exact) mass is 580 g/mol. The Balaban J connectivity index is 1.42. The van der Waals surface area contributed by atoms with Crippen molar-refractivity contribution in [3.63, 3.8) is 0 Å². The van der Waals surface area contributed by atoms with Gasteiger partial charge < -0.3 is 4.42 Å². The first-order valence-corrected chi connectivity index (χ1v) is 13.5. The van der Waals surface area contributed by atoms with Crippen LogP contribution in [0.25, 0.3) is 0 Å². The van der Waals surface area contributed by atoms with Crippen molar-refractivity contribution in [1.82, 2.24) is 5.43 Å². The summed E-state index contributed by atoms with van der Waals surface area (Å²) in [6.45, 7) is 1.72. The third kappa shape index (κ3) is 3.45. The smallest absolute Gasteiger partial charge is 0.307 e. The molecule has 3 aromatic carbocycles. The van der Waals surface area contributed by atoms with Crippen molar-refractivity contribution in [1.29, 1.82) is 0 Å². The maximum Gasteiger partial charge on any atom is 0.307 e. The van der Waals surface area contributed by atoms with Gasteiger partial charge in [-0.25, -0.2) is 10.3 Å². The Morgan fingerprint density at radius 1 is 1.02 bits per heavy atom. The molecule has 42 heavy (non-hydrogen) atoms. The quantitative estimate of drug-likeness (QED) is 0.151. The molecule has 8 rings (SSSR count). The first kappa shape index (κ1) is 25.8. The number of carbonyl (C=O) groups is 3. The largest absolute Gasteiger partial charge is 0.456 e. The number of nitro benzene ring substituents is 1. The molecule has 208 valence electrons. The van der Waals surface area contributed by atoms with Crippen molar-refractivity contribution in [3.05, 3.63) is 128 Å². The maximum atomic E-state index is 14.4. The van der Waals surface area contributed by atoms with Gasteiger partial charge in [0.05, 0.1) is 22.2 Å². The SMILES string of the molecule is Cc1ccc(C(=O)N/N=C\C23c4ccccc4C(c4ccccc42)[C@@H]2C(=O)N(c4ccc(Cl)cc4[N+](=O)[O-])C(=O)[C@@H]23)o1. The van der Waals surface area contributed by atoms with Crippen molar-refractivity contribution >= 4 is 46.9 Å². The summed E-state index contributed by atoms with van der Waals surface area (Å²) in [7, 11) is 0. The van der Waals surface area contributed by atoms with Gasteiger partial charge in [-0.05, 0) is 53.4 Å². The Kier molecular flexibility index (Phi) is 5.67. The molecule has 2 heterocycles. The molecule has 1 aliphatic heterocycles. The van der Waals surface area contributed by atoms with Crippen molar-refractivity contribution < 1.29 is 23.7 Å². The van der Waals surface area contributed by atoms with Crippen LogP contribution >= 0.6 is 11.6 Å². The Hall–Kier alpha value is -5.09. The summed E-state index contributed by atoms with van der Waals surface area (Å²) in [5, 5.41) is 16.4. The molecule has 0 radical (unpaired) electrons. The highest BCUT2D eigenvalue weighted by Crippen LogP contribution is 2.64. The summed E-state index contributed by atoms with van der Waals surface area (Å²) in [5.41, 5.74) is 3.90. The first-order valence-electron chi connectivity index (χ1n) is 13.2. The zero-order chi connectivity index (χ0) is 29.3. The van der Waals surface area contributed by atoms with Crippen molar-refractivity contribution in [2.24, 2.45) is 16.9 Å². The highest BCUT2D eigenvalue weighted by atomic mass is 35.5. The summed E-state index contributed by atoms with van der Waals surface area (Å²) in [6, 6.07) is 22.1. The van der Waals surface area contributed by atoms with Crippen molar-refractivity contribution in [2.45, 2.75) is 18.3 Å². The van der Waals surface area contributed by atoms with Gasteiger partial charge in [0, 0.05) is 23.2 Å². The second kappa shape index (κ2) is 9.22. The predicted molar refractivity (Wildman–Crippen MR) is 152 cm³/mol. The normalized spacial score (nSPS) is 23.6. The van der Waals surface area contributed by atoms with Gasteiger partial charge in [0.2, 0.25) is 11.8 Å². The molecule has 10 nitrogen and oxygen atoms in total. The zero-order valence-corrected chi connectivity index (χ0v) is 22.7. The number of hydrazone groups is 1. The number of carbonyl (C=O) groups excluding carboxylic acids is 3. The fourth-order valence-electron chi connectivity index (χ4n) is 6.92. The molecule has 1 N–H and O–H groups in total. The second-order valence-corrected chi connectivity index (χ2v) is 11.0. The Bertz CT molecular complexity index is 1830. The Morgan fingerprint density at radius 3 is 2.31 bits per heavy atom. The number of hydrogen-bond acceptors (Lipinski definition) is 7. The average Bonchev–Trinajstić information content (AvgIpc) is 3.54. The molecular formula is C31H21ClN4O6. The third-order valence-corrected chi connectivity index (χ3v) is 8.69. The molecule has 0 spiro atoms. The van der Waals surface area contributed by atoms with Crippen LogP contribution in [0.1, 0.15) is 44.5 Å². The lowest BCUT2D eigenvalue weighted by Crippen LogP contribution is -2.54. The van der Waals surface area contributed by atoms with E-state index in [1.165, 1.54) is 24.4 Å². The van der Waals surface area contributed by atoms with E-state index in [1.807, 2.05) is 48.5 Å². The molecule has 4 aliphatic rings. The molecule has 2 bridgehead atoms. The summed E-state index contributed by atoms with van der Waals surface area (Å²) < 4.78 is 5.41. The van der Waals surface area contributed by atoms with Crippen LogP contribution < -0.4 is 10.3 Å². The summed E-state index contributed by atoms with van der Waals surface area (Å²) in [5.74, 6) is -3.40. The highest BCUT2D eigenvalue weighted by Gasteiger charge is 2.68. The van der Waals surface area contributed by atoms with Gasteiger partial charge in [-0.15, -0.1) is 0 Å². The minimum Gasteiger partial charge on any atom is -0.456 e. The average molecular weight is 581 g/mol. The Morgan fingerprint density at radius 2 is 1.69 bits per heavy atom. The van der Waals surface area contributed by atoms with Crippen LogP contribution in [0, 0.1) is 28.9 Å². The first-order chi connectivity index (χ1) is 20.2. The number of imide groups is 1. The zero-order valence-electron chi connectivity index (χ0n) is 22.0. The van der Waals surface area contributed by atoms with Gasteiger partial charge in [0.25, 0.3) is 5.69 Å². The fourth-order valence-corrected chi connectivity index (χ4v) is 7.09. The fraction of sp³-hybridized carbons (Fsp3) is 0.161. The molecule has 2 atom stereocenters. The molecule has 0 unspecified atom stereocenters. The van der Waals surface area contributed by atoms with Crippen molar-refractivity contribution in [2.75, 3.05) is 4.90 Å². The number of nitro groups is 1. The van der Waals surface area contributed by atoms with Crippen molar-refractivity contribution in [3.8, 4) is 0 Å². The van der Waals surface area contributed by atoms with Gasteiger partial charge in [-0.3, -0.25) is 24.5 Å². The number of nitrogens with one attached hydrogen (secondary N) is 1. The number of nitrogens with zero attached hydrogens (tertiary/aromatic N) is 3. The number of hydrogen-bond donors (Lipinski definition) is 1. The van der Waals surface area contributed by atoms with Crippen LogP contribution in [-0.4, -0.2) is 28.9 Å². The minimum absolute atomic E-state index is 0.0709. The summed E-state index contributed by atoms with van der Waals surface area (Å²) >= 11 is 6.04. The maximum absolute atomic E-state index is 14.4. The van der Waals surface area contributed by atoms with E-state index in [4.69, 9.17) is 16.0 Å². The molecule has 1 saturated heterocycles. The molecule has 11 heteroatoms. The third-order valence-electron chi connectivity index (χ3n) is 8.46. The van der Waals surface area contributed by atoms with Crippen LogP contribution in [-0.2, 0) is 15.0 Å².